The van der Waals surface area contributed by atoms with Gasteiger partial charge in [-0.3, -0.25) is 0 Å². The van der Waals surface area contributed by atoms with Crippen LogP contribution in [0.3, 0.4) is 0 Å². The first-order chi connectivity index (χ1) is 10.3. The van der Waals surface area contributed by atoms with E-state index >= 15 is 0 Å². The van der Waals surface area contributed by atoms with Crippen LogP contribution in [0.1, 0.15) is 19.4 Å². The number of hydrogen-bond acceptors (Lipinski definition) is 3. The van der Waals surface area contributed by atoms with Crippen molar-refractivity contribution in [2.45, 2.75) is 26.0 Å². The van der Waals surface area contributed by atoms with Crippen molar-refractivity contribution in [1.29, 1.82) is 0 Å². The summed E-state index contributed by atoms with van der Waals surface area (Å²) in [6, 6.07) is 9.47. The first kappa shape index (κ1) is 16.0. The molecule has 0 fully saturated rings. The summed E-state index contributed by atoms with van der Waals surface area (Å²) in [4.78, 5) is 13.4. The van der Waals surface area contributed by atoms with Gasteiger partial charge in [-0.05, 0) is 37.6 Å². The molecule has 0 bridgehead atoms. The molecule has 0 spiro atoms. The Morgan fingerprint density at radius 2 is 2.05 bits per heavy atom. The maximum absolute atomic E-state index is 11.9. The molecule has 0 unspecified atom stereocenters. The van der Waals surface area contributed by atoms with Crippen molar-refractivity contribution in [3.8, 4) is 5.69 Å². The number of aliphatic hydroxyl groups is 1. The molecule has 6 nitrogen and oxygen atoms in total. The highest BCUT2D eigenvalue weighted by molar-refractivity contribution is 5.73. The largest absolute Gasteiger partial charge is 0.389 e. The highest BCUT2D eigenvalue weighted by Crippen LogP contribution is 2.09. The molecule has 22 heavy (non-hydrogen) atoms. The van der Waals surface area contributed by atoms with E-state index in [9.17, 15) is 9.90 Å². The number of amides is 2. The summed E-state index contributed by atoms with van der Waals surface area (Å²) in [6.45, 7) is 4.06. The summed E-state index contributed by atoms with van der Waals surface area (Å²) in [5.74, 6) is 0. The third kappa shape index (κ3) is 4.60. The molecular weight excluding hydrogens is 280 g/mol. The standard InChI is InChI=1S/C16H22N4O2/c1-16(2,22)12-19(3)15(21)17-11-13-5-7-14(8-6-13)20-10-4-9-18-20/h4-10,22H,11-12H2,1-3H3,(H,17,21). The van der Waals surface area contributed by atoms with Crippen LogP contribution in [0.4, 0.5) is 4.79 Å². The number of carbonyl (C=O) groups is 1. The van der Waals surface area contributed by atoms with Crippen molar-refractivity contribution in [2.75, 3.05) is 13.6 Å². The molecule has 2 rings (SSSR count). The lowest BCUT2D eigenvalue weighted by Crippen LogP contribution is -2.44. The molecule has 1 aromatic carbocycles. The van der Waals surface area contributed by atoms with Crippen LogP contribution in [-0.4, -0.2) is 45.0 Å². The summed E-state index contributed by atoms with van der Waals surface area (Å²) in [6.07, 6.45) is 3.61. The van der Waals surface area contributed by atoms with Crippen molar-refractivity contribution in [2.24, 2.45) is 0 Å². The lowest BCUT2D eigenvalue weighted by atomic mass is 10.1. The molecule has 2 N–H and O–H groups in total. The SMILES string of the molecule is CN(CC(C)(C)O)C(=O)NCc1ccc(-n2cccn2)cc1. The second kappa shape index (κ2) is 6.62. The molecule has 1 aromatic heterocycles. The van der Waals surface area contributed by atoms with Gasteiger partial charge < -0.3 is 15.3 Å². The van der Waals surface area contributed by atoms with Gasteiger partial charge in [0.2, 0.25) is 0 Å². The van der Waals surface area contributed by atoms with Gasteiger partial charge in [-0.2, -0.15) is 5.10 Å². The summed E-state index contributed by atoms with van der Waals surface area (Å²) < 4.78 is 1.78. The smallest absolute Gasteiger partial charge is 0.317 e. The number of aromatic nitrogens is 2. The van der Waals surface area contributed by atoms with E-state index in [0.717, 1.165) is 11.3 Å². The van der Waals surface area contributed by atoms with Crippen LogP contribution in [-0.2, 0) is 6.54 Å². The summed E-state index contributed by atoms with van der Waals surface area (Å²) >= 11 is 0. The molecule has 2 amide bonds. The fraction of sp³-hybridized carbons (Fsp3) is 0.375. The molecule has 0 aliphatic heterocycles. The van der Waals surface area contributed by atoms with Gasteiger partial charge in [0.1, 0.15) is 0 Å². The molecule has 1 heterocycles. The van der Waals surface area contributed by atoms with Gasteiger partial charge in [0.25, 0.3) is 0 Å². The average molecular weight is 302 g/mol. The van der Waals surface area contributed by atoms with Gasteiger partial charge in [0.15, 0.2) is 0 Å². The Morgan fingerprint density at radius 1 is 1.36 bits per heavy atom. The Morgan fingerprint density at radius 3 is 2.59 bits per heavy atom. The van der Waals surface area contributed by atoms with Crippen LogP contribution in [0.15, 0.2) is 42.7 Å². The number of hydrogen-bond donors (Lipinski definition) is 2. The van der Waals surface area contributed by atoms with Crippen LogP contribution >= 0.6 is 0 Å². The zero-order valence-corrected chi connectivity index (χ0v) is 13.2. The van der Waals surface area contributed by atoms with E-state index in [2.05, 4.69) is 10.4 Å². The third-order valence-electron chi connectivity index (χ3n) is 3.12. The quantitative estimate of drug-likeness (QED) is 0.884. The number of rotatable bonds is 5. The van der Waals surface area contributed by atoms with Gasteiger partial charge >= 0.3 is 6.03 Å². The molecular formula is C16H22N4O2. The fourth-order valence-electron chi connectivity index (χ4n) is 2.15. The van der Waals surface area contributed by atoms with E-state index < -0.39 is 5.60 Å². The van der Waals surface area contributed by atoms with Gasteiger partial charge in [-0.25, -0.2) is 9.48 Å². The number of nitrogens with zero attached hydrogens (tertiary/aromatic N) is 3. The zero-order chi connectivity index (χ0) is 16.2. The van der Waals surface area contributed by atoms with E-state index in [4.69, 9.17) is 0 Å². The lowest BCUT2D eigenvalue weighted by molar-refractivity contribution is 0.0531. The van der Waals surface area contributed by atoms with Gasteiger partial charge in [0, 0.05) is 26.0 Å². The summed E-state index contributed by atoms with van der Waals surface area (Å²) in [7, 11) is 1.66. The third-order valence-corrected chi connectivity index (χ3v) is 3.12. The summed E-state index contributed by atoms with van der Waals surface area (Å²) in [5.41, 5.74) is 1.07. The molecule has 0 radical (unpaired) electrons. The molecule has 2 aromatic rings. The predicted molar refractivity (Wildman–Crippen MR) is 84.7 cm³/mol. The molecule has 6 heteroatoms. The van der Waals surface area contributed by atoms with Crippen LogP contribution < -0.4 is 5.32 Å². The van der Waals surface area contributed by atoms with Crippen LogP contribution in [0, 0.1) is 0 Å². The van der Waals surface area contributed by atoms with Crippen molar-refractivity contribution < 1.29 is 9.90 Å². The minimum Gasteiger partial charge on any atom is -0.389 e. The van der Waals surface area contributed by atoms with Crippen molar-refractivity contribution in [3.63, 3.8) is 0 Å². The number of nitrogens with one attached hydrogen (secondary N) is 1. The molecule has 0 atom stereocenters. The van der Waals surface area contributed by atoms with Crippen molar-refractivity contribution in [1.82, 2.24) is 20.0 Å². The van der Waals surface area contributed by atoms with Gasteiger partial charge in [0.05, 0.1) is 17.8 Å². The van der Waals surface area contributed by atoms with E-state index in [1.54, 1.807) is 31.8 Å². The Bertz CT molecular complexity index is 600. The predicted octanol–water partition coefficient (Wildman–Crippen LogP) is 1.78. The van der Waals surface area contributed by atoms with E-state index in [-0.39, 0.29) is 12.6 Å². The Hall–Kier alpha value is -2.34. The zero-order valence-electron chi connectivity index (χ0n) is 13.2. The Labute approximate surface area is 130 Å². The number of benzene rings is 1. The molecule has 0 saturated heterocycles. The van der Waals surface area contributed by atoms with Crippen molar-refractivity contribution >= 4 is 6.03 Å². The lowest BCUT2D eigenvalue weighted by Gasteiger charge is -2.25. The van der Waals surface area contributed by atoms with Crippen molar-refractivity contribution in [3.05, 3.63) is 48.3 Å². The first-order valence-electron chi connectivity index (χ1n) is 7.15. The highest BCUT2D eigenvalue weighted by Gasteiger charge is 2.18. The van der Waals surface area contributed by atoms with E-state index in [0.29, 0.717) is 6.54 Å². The molecule has 118 valence electrons. The average Bonchev–Trinajstić information content (AvgIpc) is 2.97. The number of likely N-dealkylation sites (N-methyl/N-ethyl adjacent to an activating group) is 1. The topological polar surface area (TPSA) is 70.4 Å². The Balaban J connectivity index is 1.88. The second-order valence-corrected chi connectivity index (χ2v) is 5.94. The molecule has 0 aliphatic rings. The monoisotopic (exact) mass is 302 g/mol. The molecule has 0 saturated carbocycles. The number of carbonyl (C=O) groups excluding carboxylic acids is 1. The van der Waals surface area contributed by atoms with Crippen LogP contribution in [0.2, 0.25) is 0 Å². The number of urea groups is 1. The van der Waals surface area contributed by atoms with E-state index in [1.807, 2.05) is 36.5 Å². The van der Waals surface area contributed by atoms with Crippen LogP contribution in [0.5, 0.6) is 0 Å². The Kier molecular flexibility index (Phi) is 4.82. The maximum Gasteiger partial charge on any atom is 0.317 e. The highest BCUT2D eigenvalue weighted by atomic mass is 16.3. The maximum atomic E-state index is 11.9. The first-order valence-corrected chi connectivity index (χ1v) is 7.15. The van der Waals surface area contributed by atoms with Gasteiger partial charge in [-0.1, -0.05) is 12.1 Å². The van der Waals surface area contributed by atoms with Crippen LogP contribution in [0.25, 0.3) is 5.69 Å². The minimum absolute atomic E-state index is 0.210. The normalized spacial score (nSPS) is 11.3. The fourth-order valence-corrected chi connectivity index (χ4v) is 2.15. The minimum atomic E-state index is -0.905. The summed E-state index contributed by atoms with van der Waals surface area (Å²) in [5, 5.41) is 16.7. The van der Waals surface area contributed by atoms with Gasteiger partial charge in [-0.15, -0.1) is 0 Å². The molecule has 0 aliphatic carbocycles. The second-order valence-electron chi connectivity index (χ2n) is 5.94. The van der Waals surface area contributed by atoms with E-state index in [1.165, 1.54) is 4.90 Å².